The Hall–Kier alpha value is -1.11. The fourth-order valence-corrected chi connectivity index (χ4v) is 2.40. The van der Waals surface area contributed by atoms with Gasteiger partial charge < -0.3 is 0 Å². The summed E-state index contributed by atoms with van der Waals surface area (Å²) in [4.78, 5) is 4.48. The van der Waals surface area contributed by atoms with Gasteiger partial charge in [0, 0.05) is 12.8 Å². The zero-order chi connectivity index (χ0) is 14.3. The van der Waals surface area contributed by atoms with Crippen LogP contribution in [0.25, 0.3) is 0 Å². The highest BCUT2D eigenvalue weighted by molar-refractivity contribution is 5.79. The molecule has 1 heteroatoms. The Morgan fingerprint density at radius 1 is 0.750 bits per heavy atom. The summed E-state index contributed by atoms with van der Waals surface area (Å²) in [6, 6.07) is 10.4. The molecular formula is C19H31N. The van der Waals surface area contributed by atoms with Crippen molar-refractivity contribution in [1.82, 2.24) is 0 Å². The molecule has 0 bridgehead atoms. The molecule has 1 rings (SSSR count). The summed E-state index contributed by atoms with van der Waals surface area (Å²) in [7, 11) is 0. The predicted octanol–water partition coefficient (Wildman–Crippen LogP) is 6.03. The molecule has 0 aliphatic heterocycles. The van der Waals surface area contributed by atoms with Crippen LogP contribution in [0.15, 0.2) is 35.3 Å². The van der Waals surface area contributed by atoms with E-state index in [2.05, 4.69) is 36.2 Å². The number of benzene rings is 1. The minimum Gasteiger partial charge on any atom is -0.293 e. The number of unbranched alkanes of at least 4 members (excludes halogenated alkanes) is 9. The molecular weight excluding hydrogens is 242 g/mol. The molecule has 1 nitrogen and oxygen atoms in total. The molecule has 0 radical (unpaired) electrons. The minimum atomic E-state index is 0.978. The van der Waals surface area contributed by atoms with Crippen molar-refractivity contribution in [2.45, 2.75) is 71.1 Å². The lowest BCUT2D eigenvalue weighted by Crippen LogP contribution is -1.86. The molecule has 0 spiro atoms. The van der Waals surface area contributed by atoms with Gasteiger partial charge in [0.25, 0.3) is 0 Å². The highest BCUT2D eigenvalue weighted by atomic mass is 14.7. The number of rotatable bonds is 12. The Balaban J connectivity index is 1.84. The first-order valence-electron chi connectivity index (χ1n) is 8.48. The van der Waals surface area contributed by atoms with Gasteiger partial charge in [0.1, 0.15) is 0 Å². The number of hydrogen-bond acceptors (Lipinski definition) is 1. The third-order valence-electron chi connectivity index (χ3n) is 3.68. The molecule has 0 saturated heterocycles. The van der Waals surface area contributed by atoms with Crippen LogP contribution in [0.5, 0.6) is 0 Å². The van der Waals surface area contributed by atoms with Gasteiger partial charge in [-0.15, -0.1) is 0 Å². The van der Waals surface area contributed by atoms with E-state index in [9.17, 15) is 0 Å². The highest BCUT2D eigenvalue weighted by Crippen LogP contribution is 2.10. The first-order chi connectivity index (χ1) is 9.93. The van der Waals surface area contributed by atoms with Crippen LogP contribution in [-0.4, -0.2) is 12.8 Å². The van der Waals surface area contributed by atoms with Crippen molar-refractivity contribution >= 4 is 6.21 Å². The summed E-state index contributed by atoms with van der Waals surface area (Å²) in [6.07, 6.45) is 15.9. The molecule has 0 aliphatic rings. The Labute approximate surface area is 125 Å². The first-order valence-corrected chi connectivity index (χ1v) is 8.48. The van der Waals surface area contributed by atoms with Gasteiger partial charge in [-0.05, 0) is 12.0 Å². The number of nitrogens with zero attached hydrogens (tertiary/aromatic N) is 1. The molecule has 0 fully saturated rings. The fraction of sp³-hybridized carbons (Fsp3) is 0.632. The van der Waals surface area contributed by atoms with Gasteiger partial charge in [0.15, 0.2) is 0 Å². The van der Waals surface area contributed by atoms with Gasteiger partial charge in [-0.1, -0.05) is 95.0 Å². The van der Waals surface area contributed by atoms with Gasteiger partial charge in [0.2, 0.25) is 0 Å². The summed E-state index contributed by atoms with van der Waals surface area (Å²) < 4.78 is 0. The fourth-order valence-electron chi connectivity index (χ4n) is 2.40. The standard InChI is InChI=1S/C19H31N/c1-2-3-4-5-6-7-8-9-10-14-17-20-18-19-15-12-11-13-16-19/h11-13,15-16,18H,2-10,14,17H2,1H3. The second-order valence-electron chi connectivity index (χ2n) is 5.63. The van der Waals surface area contributed by atoms with E-state index in [1.165, 1.54) is 69.8 Å². The Morgan fingerprint density at radius 3 is 1.90 bits per heavy atom. The van der Waals surface area contributed by atoms with Crippen LogP contribution in [0.4, 0.5) is 0 Å². The zero-order valence-electron chi connectivity index (χ0n) is 13.2. The van der Waals surface area contributed by atoms with E-state index >= 15 is 0 Å². The van der Waals surface area contributed by atoms with Gasteiger partial charge >= 0.3 is 0 Å². The molecule has 1 aromatic carbocycles. The van der Waals surface area contributed by atoms with Gasteiger partial charge in [0.05, 0.1) is 0 Å². The summed E-state index contributed by atoms with van der Waals surface area (Å²) in [6.45, 7) is 3.26. The Bertz CT molecular complexity index is 329. The zero-order valence-corrected chi connectivity index (χ0v) is 13.2. The molecule has 0 N–H and O–H groups in total. The maximum absolute atomic E-state index is 4.48. The molecule has 0 aromatic heterocycles. The van der Waals surface area contributed by atoms with E-state index in [4.69, 9.17) is 0 Å². The van der Waals surface area contributed by atoms with Crippen molar-refractivity contribution in [2.75, 3.05) is 6.54 Å². The lowest BCUT2D eigenvalue weighted by molar-refractivity contribution is 0.558. The maximum Gasteiger partial charge on any atom is 0.0389 e. The predicted molar refractivity (Wildman–Crippen MR) is 90.7 cm³/mol. The van der Waals surface area contributed by atoms with E-state index < -0.39 is 0 Å². The third kappa shape index (κ3) is 9.77. The molecule has 1 aromatic rings. The van der Waals surface area contributed by atoms with Crippen LogP contribution in [0.3, 0.4) is 0 Å². The molecule has 0 saturated carbocycles. The van der Waals surface area contributed by atoms with E-state index in [1.807, 2.05) is 12.3 Å². The van der Waals surface area contributed by atoms with Crippen molar-refractivity contribution < 1.29 is 0 Å². The molecule has 20 heavy (non-hydrogen) atoms. The third-order valence-corrected chi connectivity index (χ3v) is 3.68. The summed E-state index contributed by atoms with van der Waals surface area (Å²) >= 11 is 0. The average molecular weight is 273 g/mol. The summed E-state index contributed by atoms with van der Waals surface area (Å²) in [5.41, 5.74) is 1.21. The smallest absolute Gasteiger partial charge is 0.0389 e. The molecule has 112 valence electrons. The maximum atomic E-state index is 4.48. The lowest BCUT2D eigenvalue weighted by atomic mass is 10.1. The van der Waals surface area contributed by atoms with E-state index in [-0.39, 0.29) is 0 Å². The lowest BCUT2D eigenvalue weighted by Gasteiger charge is -2.01. The van der Waals surface area contributed by atoms with Gasteiger partial charge in [-0.25, -0.2) is 0 Å². The summed E-state index contributed by atoms with van der Waals surface area (Å²) in [5.74, 6) is 0. The largest absolute Gasteiger partial charge is 0.293 e. The molecule has 0 unspecified atom stereocenters. The minimum absolute atomic E-state index is 0.978. The van der Waals surface area contributed by atoms with Crippen molar-refractivity contribution in [3.63, 3.8) is 0 Å². The first kappa shape index (κ1) is 16.9. The average Bonchev–Trinajstić information content (AvgIpc) is 2.49. The Morgan fingerprint density at radius 2 is 1.30 bits per heavy atom. The SMILES string of the molecule is CCCCCCCCCCCCN=Cc1ccccc1. The Kier molecular flexibility index (Phi) is 10.9. The molecule has 0 heterocycles. The van der Waals surface area contributed by atoms with E-state index in [0.717, 1.165) is 6.54 Å². The normalized spacial score (nSPS) is 11.2. The van der Waals surface area contributed by atoms with Gasteiger partial charge in [-0.2, -0.15) is 0 Å². The number of hydrogen-bond donors (Lipinski definition) is 0. The van der Waals surface area contributed by atoms with Crippen LogP contribution < -0.4 is 0 Å². The van der Waals surface area contributed by atoms with Gasteiger partial charge in [-0.3, -0.25) is 4.99 Å². The van der Waals surface area contributed by atoms with E-state index in [1.54, 1.807) is 0 Å². The molecule has 0 atom stereocenters. The highest BCUT2D eigenvalue weighted by Gasteiger charge is 1.92. The summed E-state index contributed by atoms with van der Waals surface area (Å²) in [5, 5.41) is 0. The van der Waals surface area contributed by atoms with Crippen molar-refractivity contribution in [1.29, 1.82) is 0 Å². The molecule has 0 amide bonds. The van der Waals surface area contributed by atoms with Crippen LogP contribution in [0.2, 0.25) is 0 Å². The monoisotopic (exact) mass is 273 g/mol. The topological polar surface area (TPSA) is 12.4 Å². The second-order valence-corrected chi connectivity index (χ2v) is 5.63. The van der Waals surface area contributed by atoms with Crippen LogP contribution in [-0.2, 0) is 0 Å². The quantitative estimate of drug-likeness (QED) is 0.326. The van der Waals surface area contributed by atoms with Crippen LogP contribution in [0, 0.1) is 0 Å². The van der Waals surface area contributed by atoms with Crippen molar-refractivity contribution in [2.24, 2.45) is 4.99 Å². The van der Waals surface area contributed by atoms with E-state index in [0.29, 0.717) is 0 Å². The number of aliphatic imine (C=N–C) groups is 1. The van der Waals surface area contributed by atoms with Crippen molar-refractivity contribution in [3.8, 4) is 0 Å². The van der Waals surface area contributed by atoms with Crippen LogP contribution >= 0.6 is 0 Å². The van der Waals surface area contributed by atoms with Crippen LogP contribution in [0.1, 0.15) is 76.7 Å². The van der Waals surface area contributed by atoms with Crippen molar-refractivity contribution in [3.05, 3.63) is 35.9 Å². The molecule has 0 aliphatic carbocycles. The second kappa shape index (κ2) is 12.9.